The first-order valence-corrected chi connectivity index (χ1v) is 5.37. The largest absolute Gasteiger partial charge is 0.392 e. The van der Waals surface area contributed by atoms with Crippen molar-refractivity contribution in [3.05, 3.63) is 24.0 Å². The summed E-state index contributed by atoms with van der Waals surface area (Å²) in [6.45, 7) is 6.22. The molecule has 1 heterocycles. The van der Waals surface area contributed by atoms with Crippen LogP contribution in [0.25, 0.3) is 0 Å². The Morgan fingerprint density at radius 1 is 1.53 bits per heavy atom. The third-order valence-corrected chi connectivity index (χ3v) is 3.57. The molecule has 2 N–H and O–H groups in total. The molecule has 1 saturated carbocycles. The predicted molar refractivity (Wildman–Crippen MR) is 60.8 cm³/mol. The molecule has 0 amide bonds. The number of hydrogen-bond acceptors (Lipinski definition) is 3. The highest BCUT2D eigenvalue weighted by Crippen LogP contribution is 2.42. The normalized spacial score (nSPS) is 28.3. The lowest BCUT2D eigenvalue weighted by Crippen LogP contribution is -2.56. The Morgan fingerprint density at radius 3 is 2.80 bits per heavy atom. The van der Waals surface area contributed by atoms with Gasteiger partial charge in [0.25, 0.3) is 0 Å². The van der Waals surface area contributed by atoms with Gasteiger partial charge in [-0.25, -0.2) is 0 Å². The Bertz CT molecular complexity index is 362. The van der Waals surface area contributed by atoms with E-state index in [-0.39, 0.29) is 11.5 Å². The van der Waals surface area contributed by atoms with Gasteiger partial charge in [-0.15, -0.1) is 0 Å². The van der Waals surface area contributed by atoms with Crippen LogP contribution in [0.2, 0.25) is 0 Å². The van der Waals surface area contributed by atoms with E-state index >= 15 is 0 Å². The second-order valence-electron chi connectivity index (χ2n) is 4.96. The number of aliphatic hydroxyl groups is 1. The van der Waals surface area contributed by atoms with Crippen molar-refractivity contribution in [3.8, 4) is 0 Å². The molecule has 0 saturated heterocycles. The summed E-state index contributed by atoms with van der Waals surface area (Å²) in [6, 6.07) is 2.34. The smallest absolute Gasteiger partial charge is 0.0630 e. The highest BCUT2D eigenvalue weighted by atomic mass is 16.3. The fourth-order valence-corrected chi connectivity index (χ4v) is 1.97. The molecule has 0 bridgehead atoms. The van der Waals surface area contributed by atoms with Crippen molar-refractivity contribution in [3.63, 3.8) is 0 Å². The van der Waals surface area contributed by atoms with Gasteiger partial charge in [0.1, 0.15) is 0 Å². The average Bonchev–Trinajstić information content (AvgIpc) is 2.20. The van der Waals surface area contributed by atoms with Gasteiger partial charge in [0.2, 0.25) is 0 Å². The molecule has 3 nitrogen and oxygen atoms in total. The molecule has 2 unspecified atom stereocenters. The Kier molecular flexibility index (Phi) is 2.43. The number of nitrogens with one attached hydrogen (secondary N) is 1. The van der Waals surface area contributed by atoms with E-state index in [0.717, 1.165) is 17.7 Å². The molecular formula is C12H18N2O. The Morgan fingerprint density at radius 2 is 2.27 bits per heavy atom. The standard InChI is InChI=1S/C12H18N2O/c1-8-7-13-5-4-9(8)14-10-6-11(15)12(10,2)3/h4-5,7,10-11,15H,6H2,1-3H3,(H,13,14). The molecule has 2 rings (SSSR count). The van der Waals surface area contributed by atoms with Crippen molar-refractivity contribution in [1.29, 1.82) is 0 Å². The molecule has 1 aliphatic carbocycles. The summed E-state index contributed by atoms with van der Waals surface area (Å²) < 4.78 is 0. The molecule has 0 aromatic carbocycles. The van der Waals surface area contributed by atoms with Crippen molar-refractivity contribution >= 4 is 5.69 Å². The average molecular weight is 206 g/mol. The fourth-order valence-electron chi connectivity index (χ4n) is 1.97. The Labute approximate surface area is 90.5 Å². The highest BCUT2D eigenvalue weighted by molar-refractivity contribution is 5.50. The lowest BCUT2D eigenvalue weighted by molar-refractivity contribution is -0.0510. The summed E-state index contributed by atoms with van der Waals surface area (Å²) in [5, 5.41) is 13.1. The topological polar surface area (TPSA) is 45.2 Å². The molecule has 3 heteroatoms. The summed E-state index contributed by atoms with van der Waals surface area (Å²) >= 11 is 0. The van der Waals surface area contributed by atoms with Gasteiger partial charge in [0.15, 0.2) is 0 Å². The third-order valence-electron chi connectivity index (χ3n) is 3.57. The Hall–Kier alpha value is -1.09. The lowest BCUT2D eigenvalue weighted by Gasteiger charge is -2.50. The maximum atomic E-state index is 9.64. The first-order valence-electron chi connectivity index (χ1n) is 5.37. The number of pyridine rings is 1. The van der Waals surface area contributed by atoms with E-state index in [2.05, 4.69) is 24.1 Å². The van der Waals surface area contributed by atoms with Crippen LogP contribution in [0.1, 0.15) is 25.8 Å². The third kappa shape index (κ3) is 1.72. The summed E-state index contributed by atoms with van der Waals surface area (Å²) in [4.78, 5) is 4.06. The van der Waals surface area contributed by atoms with Crippen molar-refractivity contribution < 1.29 is 5.11 Å². The van der Waals surface area contributed by atoms with Gasteiger partial charge >= 0.3 is 0 Å². The number of rotatable bonds is 2. The highest BCUT2D eigenvalue weighted by Gasteiger charge is 2.47. The molecule has 1 aliphatic rings. The van der Waals surface area contributed by atoms with Gasteiger partial charge in [-0.3, -0.25) is 4.98 Å². The lowest BCUT2D eigenvalue weighted by atomic mass is 9.64. The minimum Gasteiger partial charge on any atom is -0.392 e. The predicted octanol–water partition coefficient (Wildman–Crippen LogP) is 1.96. The van der Waals surface area contributed by atoms with E-state index in [1.807, 2.05) is 19.2 Å². The monoisotopic (exact) mass is 206 g/mol. The number of anilines is 1. The van der Waals surface area contributed by atoms with E-state index < -0.39 is 0 Å². The molecule has 0 aliphatic heterocycles. The first kappa shape index (κ1) is 10.4. The summed E-state index contributed by atoms with van der Waals surface area (Å²) in [5.74, 6) is 0. The van der Waals surface area contributed by atoms with Crippen LogP contribution in [-0.4, -0.2) is 22.2 Å². The van der Waals surface area contributed by atoms with Crippen LogP contribution >= 0.6 is 0 Å². The van der Waals surface area contributed by atoms with E-state index in [9.17, 15) is 5.11 Å². The van der Waals surface area contributed by atoms with E-state index in [1.165, 1.54) is 0 Å². The van der Waals surface area contributed by atoms with Crippen molar-refractivity contribution in [2.45, 2.75) is 39.3 Å². The number of aryl methyl sites for hydroxylation is 1. The molecule has 1 aromatic heterocycles. The number of hydrogen-bond donors (Lipinski definition) is 2. The van der Waals surface area contributed by atoms with Crippen LogP contribution in [0.4, 0.5) is 5.69 Å². The van der Waals surface area contributed by atoms with Gasteiger partial charge < -0.3 is 10.4 Å². The quantitative estimate of drug-likeness (QED) is 0.777. The summed E-state index contributed by atoms with van der Waals surface area (Å²) in [5.41, 5.74) is 2.24. The van der Waals surface area contributed by atoms with E-state index in [0.29, 0.717) is 6.04 Å². The van der Waals surface area contributed by atoms with Crippen molar-refractivity contribution in [2.75, 3.05) is 5.32 Å². The molecule has 1 fully saturated rings. The maximum absolute atomic E-state index is 9.64. The number of nitrogens with zero attached hydrogens (tertiary/aromatic N) is 1. The van der Waals surface area contributed by atoms with Gasteiger partial charge in [-0.1, -0.05) is 13.8 Å². The van der Waals surface area contributed by atoms with Gasteiger partial charge in [-0.2, -0.15) is 0 Å². The molecule has 0 radical (unpaired) electrons. The zero-order chi connectivity index (χ0) is 11.1. The van der Waals surface area contributed by atoms with Crippen LogP contribution < -0.4 is 5.32 Å². The fraction of sp³-hybridized carbons (Fsp3) is 0.583. The maximum Gasteiger partial charge on any atom is 0.0630 e. The molecule has 15 heavy (non-hydrogen) atoms. The molecular weight excluding hydrogens is 188 g/mol. The van der Waals surface area contributed by atoms with E-state index in [1.54, 1.807) is 6.20 Å². The molecule has 1 aromatic rings. The van der Waals surface area contributed by atoms with Crippen LogP contribution in [0, 0.1) is 12.3 Å². The Balaban J connectivity index is 2.08. The zero-order valence-corrected chi connectivity index (χ0v) is 9.49. The second-order valence-corrected chi connectivity index (χ2v) is 4.96. The van der Waals surface area contributed by atoms with Gasteiger partial charge in [-0.05, 0) is 25.0 Å². The molecule has 2 atom stereocenters. The minimum absolute atomic E-state index is 0.0320. The number of aliphatic hydroxyl groups excluding tert-OH is 1. The summed E-state index contributed by atoms with van der Waals surface area (Å²) in [7, 11) is 0. The van der Waals surface area contributed by atoms with Crippen LogP contribution in [-0.2, 0) is 0 Å². The van der Waals surface area contributed by atoms with Gasteiger partial charge in [0.05, 0.1) is 6.10 Å². The molecule has 82 valence electrons. The van der Waals surface area contributed by atoms with Crippen LogP contribution in [0.15, 0.2) is 18.5 Å². The van der Waals surface area contributed by atoms with Crippen LogP contribution in [0.3, 0.4) is 0 Å². The molecule has 0 spiro atoms. The SMILES string of the molecule is Cc1cnccc1NC1CC(O)C1(C)C. The van der Waals surface area contributed by atoms with Crippen molar-refractivity contribution in [2.24, 2.45) is 5.41 Å². The second kappa shape index (κ2) is 3.49. The first-order chi connectivity index (χ1) is 7.01. The van der Waals surface area contributed by atoms with Gasteiger partial charge in [0, 0.05) is 29.5 Å². The van der Waals surface area contributed by atoms with Crippen molar-refractivity contribution in [1.82, 2.24) is 4.98 Å². The van der Waals surface area contributed by atoms with Crippen LogP contribution in [0.5, 0.6) is 0 Å². The summed E-state index contributed by atoms with van der Waals surface area (Å²) in [6.07, 6.45) is 4.29. The van der Waals surface area contributed by atoms with E-state index in [4.69, 9.17) is 0 Å². The number of aromatic nitrogens is 1. The zero-order valence-electron chi connectivity index (χ0n) is 9.49. The minimum atomic E-state index is -0.183.